The topological polar surface area (TPSA) is 84.9 Å². The molecule has 0 aromatic heterocycles. The molecule has 0 heterocycles. The van der Waals surface area contributed by atoms with Crippen molar-refractivity contribution in [1.29, 1.82) is 0 Å². The number of ether oxygens (including phenoxy) is 1. The number of hydrogen-bond donors (Lipinski definition) is 1. The quantitative estimate of drug-likeness (QED) is 0.613. The fourth-order valence-electron chi connectivity index (χ4n) is 2.62. The van der Waals surface area contributed by atoms with E-state index in [4.69, 9.17) is 8.92 Å². The first-order valence-corrected chi connectivity index (χ1v) is 11.1. The van der Waals surface area contributed by atoms with Crippen molar-refractivity contribution >= 4 is 21.8 Å². The highest BCUT2D eigenvalue weighted by Crippen LogP contribution is 2.20. The van der Waals surface area contributed by atoms with E-state index in [0.717, 1.165) is 12.0 Å². The molecule has 0 bridgehead atoms. The van der Waals surface area contributed by atoms with Crippen LogP contribution in [0.25, 0.3) is 0 Å². The summed E-state index contributed by atoms with van der Waals surface area (Å²) in [5.74, 6) is 0.838. The number of amides is 2. The van der Waals surface area contributed by atoms with Crippen molar-refractivity contribution in [1.82, 2.24) is 4.90 Å². The fraction of sp³-hybridized carbons (Fsp3) is 0.381. The third kappa shape index (κ3) is 6.67. The first kappa shape index (κ1) is 22.5. The monoisotopic (exact) mass is 420 g/mol. The average molecular weight is 421 g/mol. The Morgan fingerprint density at radius 1 is 1.10 bits per heavy atom. The maximum absolute atomic E-state index is 12.9. The first-order chi connectivity index (χ1) is 13.8. The molecule has 1 atom stereocenters. The van der Waals surface area contributed by atoms with E-state index in [1.165, 1.54) is 6.92 Å². The summed E-state index contributed by atoms with van der Waals surface area (Å²) in [6, 6.07) is 13.6. The number of carbonyl (C=O) groups excluding carboxylic acids is 1. The Balaban J connectivity index is 2.16. The molecule has 2 aromatic rings. The standard InChI is InChI=1S/C21H28N2O5S/c1-5-16(3)23(21(24)22-18-10-12-19(27-4)13-11-18)15-17-8-7-9-20(14-17)28-29(25,26)6-2/h7-14,16H,5-6,15H2,1-4H3,(H,22,24). The number of rotatable bonds is 9. The van der Waals surface area contributed by atoms with Crippen LogP contribution in [0.2, 0.25) is 0 Å². The normalized spacial score (nSPS) is 12.1. The van der Waals surface area contributed by atoms with Gasteiger partial charge >= 0.3 is 16.1 Å². The molecule has 7 nitrogen and oxygen atoms in total. The van der Waals surface area contributed by atoms with Crippen LogP contribution in [0.3, 0.4) is 0 Å². The van der Waals surface area contributed by atoms with E-state index in [1.807, 2.05) is 19.9 Å². The van der Waals surface area contributed by atoms with E-state index >= 15 is 0 Å². The summed E-state index contributed by atoms with van der Waals surface area (Å²) in [5.41, 5.74) is 1.44. The van der Waals surface area contributed by atoms with Crippen molar-refractivity contribution in [2.24, 2.45) is 0 Å². The Hall–Kier alpha value is -2.74. The van der Waals surface area contributed by atoms with Crippen molar-refractivity contribution in [2.75, 3.05) is 18.2 Å². The van der Waals surface area contributed by atoms with Gasteiger partial charge in [0.05, 0.1) is 12.9 Å². The zero-order valence-electron chi connectivity index (χ0n) is 17.2. The van der Waals surface area contributed by atoms with Gasteiger partial charge in [0, 0.05) is 18.3 Å². The fourth-order valence-corrected chi connectivity index (χ4v) is 3.13. The smallest absolute Gasteiger partial charge is 0.322 e. The van der Waals surface area contributed by atoms with Gasteiger partial charge in [0.25, 0.3) is 0 Å². The number of hydrogen-bond acceptors (Lipinski definition) is 5. The van der Waals surface area contributed by atoms with Gasteiger partial charge in [-0.1, -0.05) is 19.1 Å². The molecule has 0 saturated carbocycles. The minimum absolute atomic E-state index is 0.0165. The van der Waals surface area contributed by atoms with Crippen LogP contribution in [0, 0.1) is 0 Å². The lowest BCUT2D eigenvalue weighted by molar-refractivity contribution is 0.187. The molecule has 1 N–H and O–H groups in total. The van der Waals surface area contributed by atoms with E-state index in [-0.39, 0.29) is 23.6 Å². The Labute approximate surface area is 172 Å². The van der Waals surface area contributed by atoms with Gasteiger partial charge in [-0.2, -0.15) is 8.42 Å². The second kappa shape index (κ2) is 10.2. The SMILES string of the molecule is CCC(C)N(Cc1cccc(OS(=O)(=O)CC)c1)C(=O)Nc1ccc(OC)cc1. The third-order valence-electron chi connectivity index (χ3n) is 4.55. The van der Waals surface area contributed by atoms with Crippen LogP contribution in [0.1, 0.15) is 32.8 Å². The van der Waals surface area contributed by atoms with Crippen LogP contribution >= 0.6 is 0 Å². The Morgan fingerprint density at radius 2 is 1.79 bits per heavy atom. The number of nitrogens with zero attached hydrogens (tertiary/aromatic N) is 1. The second-order valence-corrected chi connectivity index (χ2v) is 8.48. The zero-order chi connectivity index (χ0) is 21.4. The summed E-state index contributed by atoms with van der Waals surface area (Å²) in [6.45, 7) is 5.81. The number of urea groups is 1. The van der Waals surface area contributed by atoms with Crippen LogP contribution in [0.15, 0.2) is 48.5 Å². The maximum atomic E-state index is 12.9. The van der Waals surface area contributed by atoms with Gasteiger partial charge in [-0.15, -0.1) is 0 Å². The molecule has 2 rings (SSSR count). The summed E-state index contributed by atoms with van der Waals surface area (Å²) in [6.07, 6.45) is 0.774. The van der Waals surface area contributed by atoms with Crippen LogP contribution in [-0.4, -0.2) is 38.3 Å². The molecule has 0 aliphatic carbocycles. The lowest BCUT2D eigenvalue weighted by Crippen LogP contribution is -2.40. The number of carbonyl (C=O) groups is 1. The predicted molar refractivity (Wildman–Crippen MR) is 114 cm³/mol. The van der Waals surface area contributed by atoms with Crippen LogP contribution < -0.4 is 14.2 Å². The molecular weight excluding hydrogens is 392 g/mol. The Bertz CT molecular complexity index is 913. The summed E-state index contributed by atoms with van der Waals surface area (Å²) < 4.78 is 33.6. The summed E-state index contributed by atoms with van der Waals surface area (Å²) >= 11 is 0. The van der Waals surface area contributed by atoms with Crippen LogP contribution in [-0.2, 0) is 16.7 Å². The number of nitrogens with one attached hydrogen (secondary N) is 1. The molecule has 1 unspecified atom stereocenters. The van der Waals surface area contributed by atoms with E-state index in [9.17, 15) is 13.2 Å². The molecular formula is C21H28N2O5S. The van der Waals surface area contributed by atoms with Crippen LogP contribution in [0.5, 0.6) is 11.5 Å². The predicted octanol–water partition coefficient (Wildman–Crippen LogP) is 4.26. The molecule has 0 aliphatic rings. The summed E-state index contributed by atoms with van der Waals surface area (Å²) in [7, 11) is -2.02. The largest absolute Gasteiger partial charge is 0.497 e. The lowest BCUT2D eigenvalue weighted by atomic mass is 10.1. The van der Waals surface area contributed by atoms with Crippen molar-refractivity contribution in [3.8, 4) is 11.5 Å². The van der Waals surface area contributed by atoms with Crippen molar-refractivity contribution in [3.63, 3.8) is 0 Å². The summed E-state index contributed by atoms with van der Waals surface area (Å²) in [5, 5.41) is 2.90. The summed E-state index contributed by atoms with van der Waals surface area (Å²) in [4.78, 5) is 14.6. The van der Waals surface area contributed by atoms with Gasteiger partial charge in [0.1, 0.15) is 11.5 Å². The van der Waals surface area contributed by atoms with Crippen LogP contribution in [0.4, 0.5) is 10.5 Å². The molecule has 0 fully saturated rings. The third-order valence-corrected chi connectivity index (χ3v) is 5.71. The van der Waals surface area contributed by atoms with Gasteiger partial charge < -0.3 is 19.1 Å². The van der Waals surface area contributed by atoms with E-state index in [1.54, 1.807) is 54.5 Å². The van der Waals surface area contributed by atoms with Crippen molar-refractivity contribution in [2.45, 2.75) is 39.8 Å². The zero-order valence-corrected chi connectivity index (χ0v) is 18.0. The van der Waals surface area contributed by atoms with Gasteiger partial charge in [-0.05, 0) is 62.2 Å². The van der Waals surface area contributed by atoms with E-state index in [0.29, 0.717) is 18.0 Å². The molecule has 29 heavy (non-hydrogen) atoms. The molecule has 0 aliphatic heterocycles. The van der Waals surface area contributed by atoms with Gasteiger partial charge in [0.2, 0.25) is 0 Å². The van der Waals surface area contributed by atoms with Crippen molar-refractivity contribution in [3.05, 3.63) is 54.1 Å². The molecule has 0 spiro atoms. The molecule has 0 saturated heterocycles. The van der Waals surface area contributed by atoms with Gasteiger partial charge in [0.15, 0.2) is 0 Å². The molecule has 2 aromatic carbocycles. The highest BCUT2D eigenvalue weighted by atomic mass is 32.2. The highest BCUT2D eigenvalue weighted by molar-refractivity contribution is 7.87. The van der Waals surface area contributed by atoms with E-state index in [2.05, 4.69) is 5.32 Å². The minimum atomic E-state index is -3.60. The Morgan fingerprint density at radius 3 is 2.38 bits per heavy atom. The number of methoxy groups -OCH3 is 1. The van der Waals surface area contributed by atoms with Gasteiger partial charge in [-0.25, -0.2) is 4.79 Å². The number of benzene rings is 2. The number of anilines is 1. The molecule has 0 radical (unpaired) electrons. The minimum Gasteiger partial charge on any atom is -0.497 e. The average Bonchev–Trinajstić information content (AvgIpc) is 2.72. The molecule has 8 heteroatoms. The lowest BCUT2D eigenvalue weighted by Gasteiger charge is -2.29. The highest BCUT2D eigenvalue weighted by Gasteiger charge is 2.20. The first-order valence-electron chi connectivity index (χ1n) is 9.50. The molecule has 158 valence electrons. The van der Waals surface area contributed by atoms with E-state index < -0.39 is 10.1 Å². The Kier molecular flexibility index (Phi) is 7.90. The molecule has 2 amide bonds. The van der Waals surface area contributed by atoms with Crippen molar-refractivity contribution < 1.29 is 22.1 Å². The van der Waals surface area contributed by atoms with Gasteiger partial charge in [-0.3, -0.25) is 0 Å². The second-order valence-electron chi connectivity index (χ2n) is 6.62. The maximum Gasteiger partial charge on any atom is 0.322 e.